The highest BCUT2D eigenvalue weighted by molar-refractivity contribution is 5.85. The summed E-state index contributed by atoms with van der Waals surface area (Å²) < 4.78 is 0. The van der Waals surface area contributed by atoms with Crippen LogP contribution in [0.4, 0.5) is 0 Å². The van der Waals surface area contributed by atoms with Crippen molar-refractivity contribution in [1.29, 1.82) is 0 Å². The molecule has 1 N–H and O–H groups in total. The van der Waals surface area contributed by atoms with Crippen LogP contribution >= 0.6 is 12.4 Å². The van der Waals surface area contributed by atoms with E-state index in [1.807, 2.05) is 0 Å². The summed E-state index contributed by atoms with van der Waals surface area (Å²) in [5, 5.41) is 3.42. The molecule has 2 rings (SSSR count). The molecule has 12 heavy (non-hydrogen) atoms. The third-order valence-electron chi connectivity index (χ3n) is 2.88. The first kappa shape index (κ1) is 10.3. The first-order valence-electron chi connectivity index (χ1n) is 4.88. The van der Waals surface area contributed by atoms with E-state index in [4.69, 9.17) is 0 Å². The lowest BCUT2D eigenvalue weighted by Gasteiger charge is -2.18. The zero-order chi connectivity index (χ0) is 7.52. The Labute approximate surface area is 81.1 Å². The Morgan fingerprint density at radius 1 is 1.25 bits per heavy atom. The summed E-state index contributed by atoms with van der Waals surface area (Å²) in [7, 11) is 0. The van der Waals surface area contributed by atoms with Crippen LogP contribution in [0.25, 0.3) is 0 Å². The van der Waals surface area contributed by atoms with Crippen molar-refractivity contribution >= 4 is 12.4 Å². The molecule has 0 spiro atoms. The molecule has 1 unspecified atom stereocenters. The van der Waals surface area contributed by atoms with Crippen LogP contribution in [0.2, 0.25) is 0 Å². The smallest absolute Gasteiger partial charge is 0.00223 e. The second-order valence-electron chi connectivity index (χ2n) is 3.87. The molecule has 1 atom stereocenters. The fourth-order valence-electron chi connectivity index (χ4n) is 2.20. The van der Waals surface area contributed by atoms with Gasteiger partial charge in [0.25, 0.3) is 0 Å². The van der Waals surface area contributed by atoms with E-state index in [1.54, 1.807) is 0 Å². The van der Waals surface area contributed by atoms with E-state index < -0.39 is 0 Å². The Hall–Kier alpha value is 0.210. The first-order valence-corrected chi connectivity index (χ1v) is 4.88. The summed E-state index contributed by atoms with van der Waals surface area (Å²) in [6.07, 6.45) is 4.26. The van der Waals surface area contributed by atoms with Gasteiger partial charge in [-0.05, 0) is 51.4 Å². The van der Waals surface area contributed by atoms with Gasteiger partial charge in [0.05, 0.1) is 0 Å². The van der Waals surface area contributed by atoms with Crippen LogP contribution in [0.1, 0.15) is 19.3 Å². The number of hydrogen-bond acceptors (Lipinski definition) is 2. The largest absolute Gasteiger partial charge is 0.316 e. The van der Waals surface area contributed by atoms with Crippen LogP contribution in [-0.2, 0) is 0 Å². The Kier molecular flexibility index (Phi) is 4.33. The van der Waals surface area contributed by atoms with Crippen LogP contribution in [-0.4, -0.2) is 37.6 Å². The maximum absolute atomic E-state index is 3.42. The molecule has 2 aliphatic rings. The number of halogens is 1. The van der Waals surface area contributed by atoms with Gasteiger partial charge in [0.2, 0.25) is 0 Å². The van der Waals surface area contributed by atoms with Gasteiger partial charge in [-0.25, -0.2) is 0 Å². The van der Waals surface area contributed by atoms with Crippen molar-refractivity contribution in [2.75, 3.05) is 32.7 Å². The van der Waals surface area contributed by atoms with Gasteiger partial charge >= 0.3 is 0 Å². The molecule has 0 saturated carbocycles. The van der Waals surface area contributed by atoms with Crippen molar-refractivity contribution in [2.45, 2.75) is 19.3 Å². The maximum atomic E-state index is 3.42. The van der Waals surface area contributed by atoms with E-state index in [-0.39, 0.29) is 12.4 Å². The average molecular weight is 191 g/mol. The number of rotatable bonds is 2. The topological polar surface area (TPSA) is 15.3 Å². The maximum Gasteiger partial charge on any atom is 0.00223 e. The number of hydrogen-bond donors (Lipinski definition) is 1. The van der Waals surface area contributed by atoms with Crippen LogP contribution < -0.4 is 5.32 Å². The number of likely N-dealkylation sites (tertiary alicyclic amines) is 1. The van der Waals surface area contributed by atoms with E-state index in [9.17, 15) is 0 Å². The van der Waals surface area contributed by atoms with Crippen LogP contribution in [0, 0.1) is 5.92 Å². The zero-order valence-corrected chi connectivity index (χ0v) is 8.41. The lowest BCUT2D eigenvalue weighted by molar-refractivity contribution is 0.288. The van der Waals surface area contributed by atoms with Crippen molar-refractivity contribution in [3.8, 4) is 0 Å². The molecule has 0 aromatic heterocycles. The van der Waals surface area contributed by atoms with Crippen molar-refractivity contribution in [1.82, 2.24) is 10.2 Å². The van der Waals surface area contributed by atoms with Crippen LogP contribution in [0.5, 0.6) is 0 Å². The van der Waals surface area contributed by atoms with Gasteiger partial charge in [-0.2, -0.15) is 0 Å². The molecule has 2 fully saturated rings. The quantitative estimate of drug-likeness (QED) is 0.702. The van der Waals surface area contributed by atoms with Crippen molar-refractivity contribution in [3.05, 3.63) is 0 Å². The SMILES string of the molecule is C1CCN(CC2CCNC2)C1.Cl. The highest BCUT2D eigenvalue weighted by Gasteiger charge is 2.19. The Bertz CT molecular complexity index is 104. The second-order valence-corrected chi connectivity index (χ2v) is 3.87. The van der Waals surface area contributed by atoms with Gasteiger partial charge in [-0.1, -0.05) is 0 Å². The summed E-state index contributed by atoms with van der Waals surface area (Å²) in [5.41, 5.74) is 0. The molecular weight excluding hydrogens is 172 g/mol. The Morgan fingerprint density at radius 3 is 2.58 bits per heavy atom. The van der Waals surface area contributed by atoms with Crippen LogP contribution in [0.3, 0.4) is 0 Å². The molecule has 2 heterocycles. The fraction of sp³-hybridized carbons (Fsp3) is 1.00. The van der Waals surface area contributed by atoms with E-state index in [0.29, 0.717) is 0 Å². The van der Waals surface area contributed by atoms with E-state index >= 15 is 0 Å². The van der Waals surface area contributed by atoms with E-state index in [1.165, 1.54) is 52.0 Å². The summed E-state index contributed by atoms with van der Waals surface area (Å²) in [6, 6.07) is 0. The van der Waals surface area contributed by atoms with Crippen LogP contribution in [0.15, 0.2) is 0 Å². The molecule has 2 aliphatic heterocycles. The molecule has 2 nitrogen and oxygen atoms in total. The predicted molar refractivity (Wildman–Crippen MR) is 53.9 cm³/mol. The first-order chi connectivity index (χ1) is 5.45. The van der Waals surface area contributed by atoms with Gasteiger partial charge in [0.15, 0.2) is 0 Å². The lowest BCUT2D eigenvalue weighted by atomic mass is 10.1. The minimum atomic E-state index is 0. The van der Waals surface area contributed by atoms with Crippen molar-refractivity contribution in [2.24, 2.45) is 5.92 Å². The van der Waals surface area contributed by atoms with Crippen molar-refractivity contribution < 1.29 is 0 Å². The second kappa shape index (κ2) is 5.05. The summed E-state index contributed by atoms with van der Waals surface area (Å²) in [6.45, 7) is 6.58. The predicted octanol–water partition coefficient (Wildman–Crippen LogP) is 1.11. The summed E-state index contributed by atoms with van der Waals surface area (Å²) in [5.74, 6) is 0.952. The van der Waals surface area contributed by atoms with Gasteiger partial charge < -0.3 is 10.2 Å². The standard InChI is InChI=1S/C9H18N2.ClH/c1-2-6-11(5-1)8-9-3-4-10-7-9;/h9-10H,1-8H2;1H. The minimum absolute atomic E-state index is 0. The monoisotopic (exact) mass is 190 g/mol. The highest BCUT2D eigenvalue weighted by Crippen LogP contribution is 2.14. The molecule has 3 heteroatoms. The third-order valence-corrected chi connectivity index (χ3v) is 2.88. The fourth-order valence-corrected chi connectivity index (χ4v) is 2.20. The lowest BCUT2D eigenvalue weighted by Crippen LogP contribution is -2.27. The highest BCUT2D eigenvalue weighted by atomic mass is 35.5. The molecule has 0 aromatic carbocycles. The average Bonchev–Trinajstić information content (AvgIpc) is 2.60. The molecular formula is C9H19ClN2. The third kappa shape index (κ3) is 2.61. The summed E-state index contributed by atoms with van der Waals surface area (Å²) in [4.78, 5) is 2.62. The molecule has 0 amide bonds. The number of nitrogens with zero attached hydrogens (tertiary/aromatic N) is 1. The molecule has 2 saturated heterocycles. The van der Waals surface area contributed by atoms with E-state index in [2.05, 4.69) is 10.2 Å². The molecule has 72 valence electrons. The van der Waals surface area contributed by atoms with E-state index in [0.717, 1.165) is 5.92 Å². The Balaban J connectivity index is 0.000000720. The molecule has 0 bridgehead atoms. The van der Waals surface area contributed by atoms with Gasteiger partial charge in [0.1, 0.15) is 0 Å². The van der Waals surface area contributed by atoms with Gasteiger partial charge in [-0.3, -0.25) is 0 Å². The Morgan fingerprint density at radius 2 is 2.00 bits per heavy atom. The molecule has 0 aromatic rings. The summed E-state index contributed by atoms with van der Waals surface area (Å²) >= 11 is 0. The van der Waals surface area contributed by atoms with Gasteiger partial charge in [0, 0.05) is 6.54 Å². The normalized spacial score (nSPS) is 30.5. The molecule has 0 radical (unpaired) electrons. The number of nitrogens with one attached hydrogen (secondary N) is 1. The minimum Gasteiger partial charge on any atom is -0.316 e. The van der Waals surface area contributed by atoms with Gasteiger partial charge in [-0.15, -0.1) is 12.4 Å². The molecule has 0 aliphatic carbocycles. The zero-order valence-electron chi connectivity index (χ0n) is 7.59. The van der Waals surface area contributed by atoms with Crippen molar-refractivity contribution in [3.63, 3.8) is 0 Å².